The van der Waals surface area contributed by atoms with Crippen molar-refractivity contribution in [1.82, 2.24) is 10.5 Å². The zero-order chi connectivity index (χ0) is 15.4. The van der Waals surface area contributed by atoms with Crippen LogP contribution in [0.2, 0.25) is 0 Å². The molecule has 1 aliphatic heterocycles. The largest absolute Gasteiger partial charge is 0.380 e. The van der Waals surface area contributed by atoms with Gasteiger partial charge in [-0.15, -0.1) is 0 Å². The SMILES string of the molecule is Cc1cc(NC(=O)C(NC2CCOC2)c2ccccc2)no1. The predicted molar refractivity (Wildman–Crippen MR) is 81.4 cm³/mol. The van der Waals surface area contributed by atoms with Crippen LogP contribution in [0, 0.1) is 6.92 Å². The number of anilines is 1. The number of nitrogens with one attached hydrogen (secondary N) is 2. The van der Waals surface area contributed by atoms with Crippen molar-refractivity contribution in [3.8, 4) is 0 Å². The Morgan fingerprint density at radius 2 is 2.18 bits per heavy atom. The van der Waals surface area contributed by atoms with E-state index in [9.17, 15) is 4.79 Å². The summed E-state index contributed by atoms with van der Waals surface area (Å²) < 4.78 is 10.4. The molecular formula is C16H19N3O3. The average molecular weight is 301 g/mol. The first-order chi connectivity index (χ1) is 10.7. The molecule has 116 valence electrons. The maximum absolute atomic E-state index is 12.6. The molecule has 0 bridgehead atoms. The fourth-order valence-electron chi connectivity index (χ4n) is 2.49. The third-order valence-corrected chi connectivity index (χ3v) is 3.61. The first-order valence-corrected chi connectivity index (χ1v) is 7.35. The molecule has 6 heteroatoms. The van der Waals surface area contributed by atoms with Crippen LogP contribution in [0.3, 0.4) is 0 Å². The van der Waals surface area contributed by atoms with Gasteiger partial charge in [-0.05, 0) is 18.9 Å². The van der Waals surface area contributed by atoms with Gasteiger partial charge in [0.05, 0.1) is 6.61 Å². The Bertz CT molecular complexity index is 621. The number of carbonyl (C=O) groups excluding carboxylic acids is 1. The predicted octanol–water partition coefficient (Wildman–Crippen LogP) is 2.04. The summed E-state index contributed by atoms with van der Waals surface area (Å²) in [6, 6.07) is 11.0. The summed E-state index contributed by atoms with van der Waals surface area (Å²) in [7, 11) is 0. The fourth-order valence-corrected chi connectivity index (χ4v) is 2.49. The van der Waals surface area contributed by atoms with Crippen LogP contribution < -0.4 is 10.6 Å². The molecule has 2 unspecified atom stereocenters. The monoisotopic (exact) mass is 301 g/mol. The smallest absolute Gasteiger partial charge is 0.247 e. The van der Waals surface area contributed by atoms with Crippen LogP contribution in [0.15, 0.2) is 40.9 Å². The summed E-state index contributed by atoms with van der Waals surface area (Å²) in [5, 5.41) is 9.96. The number of rotatable bonds is 5. The first-order valence-electron chi connectivity index (χ1n) is 7.35. The Labute approximate surface area is 128 Å². The van der Waals surface area contributed by atoms with Crippen molar-refractivity contribution in [2.24, 2.45) is 0 Å². The lowest BCUT2D eigenvalue weighted by Crippen LogP contribution is -2.39. The van der Waals surface area contributed by atoms with Crippen molar-refractivity contribution >= 4 is 11.7 Å². The van der Waals surface area contributed by atoms with Crippen LogP contribution in [0.5, 0.6) is 0 Å². The molecule has 1 aliphatic rings. The molecule has 2 atom stereocenters. The minimum atomic E-state index is -0.454. The molecule has 1 fully saturated rings. The summed E-state index contributed by atoms with van der Waals surface area (Å²) in [4.78, 5) is 12.6. The molecule has 6 nitrogen and oxygen atoms in total. The van der Waals surface area contributed by atoms with E-state index in [0.29, 0.717) is 18.2 Å². The van der Waals surface area contributed by atoms with Gasteiger partial charge in [0, 0.05) is 18.7 Å². The fraction of sp³-hybridized carbons (Fsp3) is 0.375. The van der Waals surface area contributed by atoms with Gasteiger partial charge in [0.25, 0.3) is 0 Å². The van der Waals surface area contributed by atoms with Gasteiger partial charge >= 0.3 is 0 Å². The maximum Gasteiger partial charge on any atom is 0.247 e. The Kier molecular flexibility index (Phi) is 4.50. The lowest BCUT2D eigenvalue weighted by molar-refractivity contribution is -0.118. The summed E-state index contributed by atoms with van der Waals surface area (Å²) in [5.74, 6) is 0.919. The minimum Gasteiger partial charge on any atom is -0.380 e. The highest BCUT2D eigenvalue weighted by atomic mass is 16.5. The second-order valence-electron chi connectivity index (χ2n) is 5.38. The third-order valence-electron chi connectivity index (χ3n) is 3.61. The van der Waals surface area contributed by atoms with Crippen LogP contribution in [-0.2, 0) is 9.53 Å². The van der Waals surface area contributed by atoms with E-state index in [1.807, 2.05) is 30.3 Å². The quantitative estimate of drug-likeness (QED) is 0.884. The Hall–Kier alpha value is -2.18. The van der Waals surface area contributed by atoms with E-state index >= 15 is 0 Å². The van der Waals surface area contributed by atoms with Crippen molar-refractivity contribution in [2.75, 3.05) is 18.5 Å². The number of ether oxygens (including phenoxy) is 1. The number of carbonyl (C=O) groups is 1. The minimum absolute atomic E-state index is 0.161. The van der Waals surface area contributed by atoms with Crippen molar-refractivity contribution in [2.45, 2.75) is 25.4 Å². The van der Waals surface area contributed by atoms with E-state index in [2.05, 4.69) is 15.8 Å². The molecule has 0 radical (unpaired) electrons. The normalized spacial score (nSPS) is 19.0. The molecule has 1 aromatic heterocycles. The second-order valence-corrected chi connectivity index (χ2v) is 5.38. The highest BCUT2D eigenvalue weighted by Gasteiger charge is 2.26. The number of nitrogens with zero attached hydrogens (tertiary/aromatic N) is 1. The molecule has 1 amide bonds. The molecule has 0 aliphatic carbocycles. The molecule has 2 heterocycles. The maximum atomic E-state index is 12.6. The van der Waals surface area contributed by atoms with Crippen LogP contribution >= 0.6 is 0 Å². The summed E-state index contributed by atoms with van der Waals surface area (Å²) in [6.45, 7) is 3.13. The van der Waals surface area contributed by atoms with E-state index in [0.717, 1.165) is 18.6 Å². The Morgan fingerprint density at radius 3 is 2.82 bits per heavy atom. The van der Waals surface area contributed by atoms with E-state index < -0.39 is 6.04 Å². The summed E-state index contributed by atoms with van der Waals surface area (Å²) in [6.07, 6.45) is 0.902. The lowest BCUT2D eigenvalue weighted by Gasteiger charge is -2.21. The third kappa shape index (κ3) is 3.52. The molecule has 1 aromatic carbocycles. The van der Waals surface area contributed by atoms with Gasteiger partial charge in [-0.3, -0.25) is 10.1 Å². The van der Waals surface area contributed by atoms with Gasteiger partial charge < -0.3 is 14.6 Å². The number of hydrogen-bond acceptors (Lipinski definition) is 5. The zero-order valence-electron chi connectivity index (χ0n) is 12.4. The van der Waals surface area contributed by atoms with E-state index in [4.69, 9.17) is 9.26 Å². The van der Waals surface area contributed by atoms with Gasteiger partial charge in [0.1, 0.15) is 11.8 Å². The van der Waals surface area contributed by atoms with Crippen molar-refractivity contribution in [1.29, 1.82) is 0 Å². The van der Waals surface area contributed by atoms with Gasteiger partial charge in [0.2, 0.25) is 5.91 Å². The standard InChI is InChI=1S/C16H19N3O3/c1-11-9-14(19-22-11)18-16(20)15(12-5-3-2-4-6-12)17-13-7-8-21-10-13/h2-6,9,13,15,17H,7-8,10H2,1H3,(H,18,19,20). The topological polar surface area (TPSA) is 76.4 Å². The molecule has 2 N–H and O–H groups in total. The number of benzene rings is 1. The van der Waals surface area contributed by atoms with E-state index in [-0.39, 0.29) is 11.9 Å². The Morgan fingerprint density at radius 1 is 1.36 bits per heavy atom. The van der Waals surface area contributed by atoms with Gasteiger partial charge in [0.15, 0.2) is 5.82 Å². The Balaban J connectivity index is 1.76. The number of aryl methyl sites for hydroxylation is 1. The molecule has 3 rings (SSSR count). The molecule has 0 spiro atoms. The molecular weight excluding hydrogens is 282 g/mol. The van der Waals surface area contributed by atoms with Crippen molar-refractivity contribution < 1.29 is 14.1 Å². The first kappa shape index (κ1) is 14.7. The number of hydrogen-bond donors (Lipinski definition) is 2. The van der Waals surface area contributed by atoms with Gasteiger partial charge in [-0.2, -0.15) is 0 Å². The number of aromatic nitrogens is 1. The average Bonchev–Trinajstić information content (AvgIpc) is 3.17. The van der Waals surface area contributed by atoms with E-state index in [1.165, 1.54) is 0 Å². The van der Waals surface area contributed by atoms with Crippen LogP contribution in [0.1, 0.15) is 23.8 Å². The molecule has 22 heavy (non-hydrogen) atoms. The van der Waals surface area contributed by atoms with Gasteiger partial charge in [-0.25, -0.2) is 0 Å². The highest BCUT2D eigenvalue weighted by Crippen LogP contribution is 2.18. The van der Waals surface area contributed by atoms with Gasteiger partial charge in [-0.1, -0.05) is 35.5 Å². The number of amides is 1. The molecule has 1 saturated heterocycles. The zero-order valence-corrected chi connectivity index (χ0v) is 12.4. The van der Waals surface area contributed by atoms with Crippen molar-refractivity contribution in [3.05, 3.63) is 47.7 Å². The molecule has 2 aromatic rings. The van der Waals surface area contributed by atoms with E-state index in [1.54, 1.807) is 13.0 Å². The van der Waals surface area contributed by atoms with Crippen LogP contribution in [0.4, 0.5) is 5.82 Å². The second kappa shape index (κ2) is 6.72. The molecule has 0 saturated carbocycles. The van der Waals surface area contributed by atoms with Crippen molar-refractivity contribution in [3.63, 3.8) is 0 Å². The highest BCUT2D eigenvalue weighted by molar-refractivity contribution is 5.94. The van der Waals surface area contributed by atoms with Crippen LogP contribution in [-0.4, -0.2) is 30.3 Å². The summed E-state index contributed by atoms with van der Waals surface area (Å²) in [5.41, 5.74) is 0.909. The summed E-state index contributed by atoms with van der Waals surface area (Å²) >= 11 is 0. The lowest BCUT2D eigenvalue weighted by atomic mass is 10.0. The van der Waals surface area contributed by atoms with Crippen LogP contribution in [0.25, 0.3) is 0 Å².